The van der Waals surface area contributed by atoms with Crippen molar-refractivity contribution in [1.82, 2.24) is 4.98 Å². The van der Waals surface area contributed by atoms with Gasteiger partial charge >= 0.3 is 0 Å². The molecule has 0 saturated heterocycles. The SMILES string of the molecule is CC1CCC(C(C)C)C(Nc2cccnc2Br)C1. The third-order valence-electron chi connectivity index (χ3n) is 4.12. The second-order valence-corrected chi connectivity index (χ2v) is 6.67. The topological polar surface area (TPSA) is 24.9 Å². The second-order valence-electron chi connectivity index (χ2n) is 5.92. The predicted molar refractivity (Wildman–Crippen MR) is 80.7 cm³/mol. The summed E-state index contributed by atoms with van der Waals surface area (Å²) >= 11 is 3.52. The molecule has 1 aliphatic rings. The zero-order valence-electron chi connectivity index (χ0n) is 11.5. The van der Waals surface area contributed by atoms with Crippen LogP contribution in [0.25, 0.3) is 0 Å². The van der Waals surface area contributed by atoms with Crippen LogP contribution in [-0.4, -0.2) is 11.0 Å². The van der Waals surface area contributed by atoms with Crippen LogP contribution in [0.5, 0.6) is 0 Å². The third-order valence-corrected chi connectivity index (χ3v) is 4.75. The smallest absolute Gasteiger partial charge is 0.129 e. The number of aromatic nitrogens is 1. The number of nitrogens with zero attached hydrogens (tertiary/aromatic N) is 1. The van der Waals surface area contributed by atoms with Gasteiger partial charge in [-0.2, -0.15) is 0 Å². The largest absolute Gasteiger partial charge is 0.380 e. The minimum absolute atomic E-state index is 0.578. The summed E-state index contributed by atoms with van der Waals surface area (Å²) < 4.78 is 0.922. The standard InChI is InChI=1S/C15H23BrN2/c1-10(2)12-7-6-11(3)9-14(12)18-13-5-4-8-17-15(13)16/h4-5,8,10-12,14,18H,6-7,9H2,1-3H3. The molecule has 1 aromatic heterocycles. The van der Waals surface area contributed by atoms with Crippen molar-refractivity contribution in [3.63, 3.8) is 0 Å². The number of hydrogen-bond acceptors (Lipinski definition) is 2. The third kappa shape index (κ3) is 3.25. The molecular formula is C15H23BrN2. The first-order chi connectivity index (χ1) is 8.58. The fraction of sp³-hybridized carbons (Fsp3) is 0.667. The zero-order chi connectivity index (χ0) is 13.1. The monoisotopic (exact) mass is 310 g/mol. The maximum Gasteiger partial charge on any atom is 0.129 e. The van der Waals surface area contributed by atoms with Gasteiger partial charge in [0, 0.05) is 12.2 Å². The number of hydrogen-bond donors (Lipinski definition) is 1. The fourth-order valence-corrected chi connectivity index (χ4v) is 3.43. The maximum atomic E-state index is 4.29. The normalized spacial score (nSPS) is 28.4. The lowest BCUT2D eigenvalue weighted by Gasteiger charge is -2.38. The Morgan fingerprint density at radius 2 is 2.17 bits per heavy atom. The first kappa shape index (κ1) is 13.9. The van der Waals surface area contributed by atoms with Crippen molar-refractivity contribution in [2.75, 3.05) is 5.32 Å². The van der Waals surface area contributed by atoms with E-state index in [2.05, 4.69) is 53.1 Å². The van der Waals surface area contributed by atoms with Gasteiger partial charge < -0.3 is 5.32 Å². The molecule has 0 amide bonds. The van der Waals surface area contributed by atoms with E-state index in [0.717, 1.165) is 28.0 Å². The van der Waals surface area contributed by atoms with E-state index in [1.54, 1.807) is 0 Å². The summed E-state index contributed by atoms with van der Waals surface area (Å²) in [7, 11) is 0. The van der Waals surface area contributed by atoms with Gasteiger partial charge in [0.1, 0.15) is 4.60 Å². The molecule has 0 aromatic carbocycles. The van der Waals surface area contributed by atoms with Crippen LogP contribution in [0.1, 0.15) is 40.0 Å². The molecule has 2 nitrogen and oxygen atoms in total. The highest BCUT2D eigenvalue weighted by Gasteiger charge is 2.30. The summed E-state index contributed by atoms with van der Waals surface area (Å²) in [6, 6.07) is 4.67. The van der Waals surface area contributed by atoms with Crippen LogP contribution in [0.15, 0.2) is 22.9 Å². The minimum Gasteiger partial charge on any atom is -0.380 e. The molecule has 1 aromatic rings. The van der Waals surface area contributed by atoms with Crippen LogP contribution in [-0.2, 0) is 0 Å². The van der Waals surface area contributed by atoms with E-state index in [-0.39, 0.29) is 0 Å². The van der Waals surface area contributed by atoms with Crippen LogP contribution in [0.3, 0.4) is 0 Å². The quantitative estimate of drug-likeness (QED) is 0.817. The average Bonchev–Trinajstić information content (AvgIpc) is 2.32. The Kier molecular flexibility index (Phi) is 4.66. The van der Waals surface area contributed by atoms with Crippen molar-refractivity contribution in [3.05, 3.63) is 22.9 Å². The van der Waals surface area contributed by atoms with Gasteiger partial charge in [0.15, 0.2) is 0 Å². The van der Waals surface area contributed by atoms with Gasteiger partial charge in [0.2, 0.25) is 0 Å². The summed E-state index contributed by atoms with van der Waals surface area (Å²) in [5.74, 6) is 2.34. The highest BCUT2D eigenvalue weighted by molar-refractivity contribution is 9.10. The van der Waals surface area contributed by atoms with Crippen molar-refractivity contribution in [2.45, 2.75) is 46.1 Å². The van der Waals surface area contributed by atoms with E-state index in [4.69, 9.17) is 0 Å². The molecule has 18 heavy (non-hydrogen) atoms. The van der Waals surface area contributed by atoms with Gasteiger partial charge in [-0.15, -0.1) is 0 Å². The number of halogens is 1. The molecule has 1 fully saturated rings. The summed E-state index contributed by atoms with van der Waals surface area (Å²) in [5.41, 5.74) is 1.13. The maximum absolute atomic E-state index is 4.29. The van der Waals surface area contributed by atoms with E-state index in [9.17, 15) is 0 Å². The lowest BCUT2D eigenvalue weighted by molar-refractivity contribution is 0.212. The van der Waals surface area contributed by atoms with Crippen LogP contribution in [0, 0.1) is 17.8 Å². The molecule has 1 saturated carbocycles. The van der Waals surface area contributed by atoms with Crippen molar-refractivity contribution < 1.29 is 0 Å². The lowest BCUT2D eigenvalue weighted by Crippen LogP contribution is -2.37. The molecule has 100 valence electrons. The predicted octanol–water partition coefficient (Wildman–Crippen LogP) is 4.72. The molecular weight excluding hydrogens is 288 g/mol. The molecule has 2 rings (SSSR count). The number of pyridine rings is 1. The molecule has 1 aliphatic carbocycles. The molecule has 1 N–H and O–H groups in total. The molecule has 3 unspecified atom stereocenters. The van der Waals surface area contributed by atoms with E-state index in [1.807, 2.05) is 12.3 Å². The molecule has 3 heteroatoms. The summed E-state index contributed by atoms with van der Waals surface area (Å²) in [4.78, 5) is 4.29. The van der Waals surface area contributed by atoms with Crippen LogP contribution in [0.4, 0.5) is 5.69 Å². The molecule has 0 spiro atoms. The van der Waals surface area contributed by atoms with E-state index in [1.165, 1.54) is 19.3 Å². The summed E-state index contributed by atoms with van der Waals surface area (Å²) in [5, 5.41) is 3.70. The first-order valence-corrected chi connectivity index (χ1v) is 7.74. The van der Waals surface area contributed by atoms with Crippen molar-refractivity contribution in [1.29, 1.82) is 0 Å². The van der Waals surface area contributed by atoms with Gasteiger partial charge in [-0.05, 0) is 58.7 Å². The van der Waals surface area contributed by atoms with Gasteiger partial charge in [-0.1, -0.05) is 27.2 Å². The second kappa shape index (κ2) is 6.05. The van der Waals surface area contributed by atoms with E-state index < -0.39 is 0 Å². The van der Waals surface area contributed by atoms with Crippen LogP contribution in [0.2, 0.25) is 0 Å². The van der Waals surface area contributed by atoms with Crippen molar-refractivity contribution >= 4 is 21.6 Å². The Hall–Kier alpha value is -0.570. The fourth-order valence-electron chi connectivity index (χ4n) is 3.06. The highest BCUT2D eigenvalue weighted by atomic mass is 79.9. The molecule has 0 radical (unpaired) electrons. The van der Waals surface area contributed by atoms with Gasteiger partial charge in [-0.25, -0.2) is 4.98 Å². The zero-order valence-corrected chi connectivity index (χ0v) is 13.1. The molecule has 0 bridgehead atoms. The van der Waals surface area contributed by atoms with Gasteiger partial charge in [-0.3, -0.25) is 0 Å². The number of anilines is 1. The van der Waals surface area contributed by atoms with Crippen molar-refractivity contribution in [3.8, 4) is 0 Å². The number of nitrogens with one attached hydrogen (secondary N) is 1. The van der Waals surface area contributed by atoms with Gasteiger partial charge in [0.25, 0.3) is 0 Å². The van der Waals surface area contributed by atoms with Crippen LogP contribution >= 0.6 is 15.9 Å². The molecule has 3 atom stereocenters. The van der Waals surface area contributed by atoms with Gasteiger partial charge in [0.05, 0.1) is 5.69 Å². The minimum atomic E-state index is 0.578. The Morgan fingerprint density at radius 1 is 1.39 bits per heavy atom. The number of rotatable bonds is 3. The average molecular weight is 311 g/mol. The Bertz CT molecular complexity index is 392. The first-order valence-electron chi connectivity index (χ1n) is 6.95. The Balaban J connectivity index is 2.11. The Labute approximate surface area is 119 Å². The molecule has 1 heterocycles. The van der Waals surface area contributed by atoms with E-state index in [0.29, 0.717) is 6.04 Å². The van der Waals surface area contributed by atoms with Crippen molar-refractivity contribution in [2.24, 2.45) is 17.8 Å². The Morgan fingerprint density at radius 3 is 2.83 bits per heavy atom. The summed E-state index contributed by atoms with van der Waals surface area (Å²) in [6.45, 7) is 7.05. The molecule has 0 aliphatic heterocycles. The highest BCUT2D eigenvalue weighted by Crippen LogP contribution is 2.36. The summed E-state index contributed by atoms with van der Waals surface area (Å²) in [6.07, 6.45) is 5.80. The lowest BCUT2D eigenvalue weighted by atomic mass is 9.74. The van der Waals surface area contributed by atoms with Crippen LogP contribution < -0.4 is 5.32 Å². The van der Waals surface area contributed by atoms with E-state index >= 15 is 0 Å².